The Morgan fingerprint density at radius 2 is 2.25 bits per heavy atom. The summed E-state index contributed by atoms with van der Waals surface area (Å²) in [6.07, 6.45) is 1.30. The number of halogens is 1. The van der Waals surface area contributed by atoms with Gasteiger partial charge in [-0.25, -0.2) is 4.39 Å². The molecule has 2 aromatic rings. The van der Waals surface area contributed by atoms with Crippen LogP contribution in [0.4, 0.5) is 16.0 Å². The van der Waals surface area contributed by atoms with Gasteiger partial charge in [-0.15, -0.1) is 10.2 Å². The van der Waals surface area contributed by atoms with Crippen LogP contribution in [-0.2, 0) is 9.59 Å². The number of nitrogens with one attached hydrogen (secondary N) is 2. The monoisotopic (exact) mass is 275 g/mol. The number of amides is 2. The molecule has 20 heavy (non-hydrogen) atoms. The summed E-state index contributed by atoms with van der Waals surface area (Å²) in [6.45, 7) is 0. The first-order chi connectivity index (χ1) is 9.65. The number of benzene rings is 1. The molecule has 0 fully saturated rings. The molecule has 1 unspecified atom stereocenters. The Balaban J connectivity index is 1.85. The van der Waals surface area contributed by atoms with Crippen LogP contribution in [0.15, 0.2) is 30.6 Å². The zero-order valence-electron chi connectivity index (χ0n) is 10.2. The van der Waals surface area contributed by atoms with Gasteiger partial charge in [0, 0.05) is 0 Å². The largest absolute Gasteiger partial charge is 0.322 e. The van der Waals surface area contributed by atoms with Crippen LogP contribution in [0.2, 0.25) is 0 Å². The maximum atomic E-state index is 13.5. The summed E-state index contributed by atoms with van der Waals surface area (Å²) in [5.41, 5.74) is 0.0677. The first-order valence-corrected chi connectivity index (χ1v) is 5.90. The molecule has 2 N–H and O–H groups in total. The molecule has 2 amide bonds. The maximum Gasteiger partial charge on any atom is 0.248 e. The van der Waals surface area contributed by atoms with E-state index in [1.165, 1.54) is 29.1 Å². The fourth-order valence-electron chi connectivity index (χ4n) is 2.01. The molecule has 8 heteroatoms. The molecule has 102 valence electrons. The molecule has 1 aliphatic heterocycles. The normalized spacial score (nSPS) is 17.2. The van der Waals surface area contributed by atoms with Gasteiger partial charge in [-0.3, -0.25) is 19.5 Å². The van der Waals surface area contributed by atoms with Crippen molar-refractivity contribution >= 4 is 23.5 Å². The second-order valence-electron chi connectivity index (χ2n) is 4.30. The third-order valence-electron chi connectivity index (χ3n) is 2.97. The van der Waals surface area contributed by atoms with E-state index in [9.17, 15) is 14.0 Å². The van der Waals surface area contributed by atoms with E-state index in [0.717, 1.165) is 0 Å². The lowest BCUT2D eigenvalue weighted by molar-refractivity contribution is -0.125. The lowest BCUT2D eigenvalue weighted by atomic mass is 10.1. The Hall–Kier alpha value is -2.77. The van der Waals surface area contributed by atoms with Crippen molar-refractivity contribution in [3.63, 3.8) is 0 Å². The lowest BCUT2D eigenvalue weighted by Gasteiger charge is -2.23. The average molecular weight is 275 g/mol. The minimum Gasteiger partial charge on any atom is -0.322 e. The van der Waals surface area contributed by atoms with Gasteiger partial charge in [-0.2, -0.15) is 0 Å². The van der Waals surface area contributed by atoms with Gasteiger partial charge in [0.15, 0.2) is 0 Å². The number of carbonyl (C=O) groups is 2. The highest BCUT2D eigenvalue weighted by molar-refractivity contribution is 6.00. The predicted molar refractivity (Wildman–Crippen MR) is 67.3 cm³/mol. The zero-order valence-corrected chi connectivity index (χ0v) is 10.2. The van der Waals surface area contributed by atoms with E-state index in [-0.39, 0.29) is 24.0 Å². The first-order valence-electron chi connectivity index (χ1n) is 5.90. The molecule has 0 saturated heterocycles. The Bertz CT molecular complexity index is 684. The number of hydrogen-bond acceptors (Lipinski definition) is 4. The molecule has 7 nitrogen and oxygen atoms in total. The summed E-state index contributed by atoms with van der Waals surface area (Å²) in [6, 6.07) is 5.03. The Morgan fingerprint density at radius 1 is 1.45 bits per heavy atom. The average Bonchev–Trinajstić information content (AvgIpc) is 2.88. The highest BCUT2D eigenvalue weighted by atomic mass is 19.1. The number of para-hydroxylation sites is 1. The standard InChI is InChI=1S/C12H10FN5O2/c13-7-3-1-2-4-8(7)15-11(20)9-5-10(19)16-12-17-14-6-18(9)12/h1-4,6,9H,5H2,(H,15,20)(H,16,17,19). The number of nitrogens with zero attached hydrogens (tertiary/aromatic N) is 3. The van der Waals surface area contributed by atoms with Crippen molar-refractivity contribution in [2.24, 2.45) is 0 Å². The van der Waals surface area contributed by atoms with E-state index in [2.05, 4.69) is 20.8 Å². The summed E-state index contributed by atoms with van der Waals surface area (Å²) in [4.78, 5) is 23.7. The van der Waals surface area contributed by atoms with Gasteiger partial charge in [0.2, 0.25) is 17.8 Å². The quantitative estimate of drug-likeness (QED) is 0.853. The second-order valence-corrected chi connectivity index (χ2v) is 4.30. The molecular weight excluding hydrogens is 265 g/mol. The number of rotatable bonds is 2. The van der Waals surface area contributed by atoms with E-state index >= 15 is 0 Å². The van der Waals surface area contributed by atoms with Crippen molar-refractivity contribution in [1.29, 1.82) is 0 Å². The van der Waals surface area contributed by atoms with Gasteiger partial charge in [-0.05, 0) is 12.1 Å². The number of carbonyl (C=O) groups excluding carboxylic acids is 2. The number of hydrogen-bond donors (Lipinski definition) is 2. The van der Waals surface area contributed by atoms with Crippen LogP contribution in [-0.4, -0.2) is 26.6 Å². The third-order valence-corrected chi connectivity index (χ3v) is 2.97. The highest BCUT2D eigenvalue weighted by Gasteiger charge is 2.31. The summed E-state index contributed by atoms with van der Waals surface area (Å²) >= 11 is 0. The lowest BCUT2D eigenvalue weighted by Crippen LogP contribution is -2.35. The number of anilines is 2. The number of fused-ring (bicyclic) bond motifs is 1. The van der Waals surface area contributed by atoms with E-state index in [1.54, 1.807) is 6.07 Å². The molecule has 0 bridgehead atoms. The van der Waals surface area contributed by atoms with Crippen LogP contribution in [0, 0.1) is 5.82 Å². The minimum absolute atomic E-state index is 0.0503. The molecule has 1 aromatic carbocycles. The zero-order chi connectivity index (χ0) is 14.1. The van der Waals surface area contributed by atoms with Gasteiger partial charge in [-0.1, -0.05) is 12.1 Å². The molecule has 0 saturated carbocycles. The first kappa shape index (κ1) is 12.3. The fraction of sp³-hybridized carbons (Fsp3) is 0.167. The summed E-state index contributed by atoms with van der Waals surface area (Å²) in [5, 5.41) is 12.3. The molecule has 0 spiro atoms. The molecule has 3 rings (SSSR count). The highest BCUT2D eigenvalue weighted by Crippen LogP contribution is 2.24. The van der Waals surface area contributed by atoms with Crippen molar-refractivity contribution in [1.82, 2.24) is 14.8 Å². The fourth-order valence-corrected chi connectivity index (χ4v) is 2.01. The van der Waals surface area contributed by atoms with E-state index in [4.69, 9.17) is 0 Å². The van der Waals surface area contributed by atoms with Crippen molar-refractivity contribution in [2.75, 3.05) is 10.6 Å². The van der Waals surface area contributed by atoms with Crippen molar-refractivity contribution in [2.45, 2.75) is 12.5 Å². The Kier molecular flexibility index (Phi) is 2.90. The van der Waals surface area contributed by atoms with Crippen molar-refractivity contribution in [3.8, 4) is 0 Å². The van der Waals surface area contributed by atoms with Gasteiger partial charge in [0.05, 0.1) is 12.1 Å². The van der Waals surface area contributed by atoms with E-state index < -0.39 is 17.8 Å². The van der Waals surface area contributed by atoms with Gasteiger partial charge < -0.3 is 5.32 Å². The summed E-state index contributed by atoms with van der Waals surface area (Å²) in [7, 11) is 0. The third kappa shape index (κ3) is 2.11. The SMILES string of the molecule is O=C1CC(C(=O)Nc2ccccc2F)n2cnnc2N1. The van der Waals surface area contributed by atoms with Crippen molar-refractivity contribution in [3.05, 3.63) is 36.4 Å². The molecule has 1 atom stereocenters. The number of aromatic nitrogens is 3. The molecule has 2 heterocycles. The minimum atomic E-state index is -0.798. The van der Waals surface area contributed by atoms with Crippen LogP contribution >= 0.6 is 0 Å². The predicted octanol–water partition coefficient (Wildman–Crippen LogP) is 0.939. The second kappa shape index (κ2) is 4.72. The maximum absolute atomic E-state index is 13.5. The van der Waals surface area contributed by atoms with E-state index in [1.807, 2.05) is 0 Å². The van der Waals surface area contributed by atoms with Crippen molar-refractivity contribution < 1.29 is 14.0 Å². The summed E-state index contributed by atoms with van der Waals surface area (Å²) in [5.74, 6) is -1.16. The van der Waals surface area contributed by atoms with Gasteiger partial charge in [0.25, 0.3) is 0 Å². The van der Waals surface area contributed by atoms with Gasteiger partial charge in [0.1, 0.15) is 18.2 Å². The summed E-state index contributed by atoms with van der Waals surface area (Å²) < 4.78 is 14.9. The molecule has 1 aliphatic rings. The van der Waals surface area contributed by atoms with E-state index in [0.29, 0.717) is 0 Å². The van der Waals surface area contributed by atoms with Crippen LogP contribution < -0.4 is 10.6 Å². The van der Waals surface area contributed by atoms with Crippen LogP contribution in [0.3, 0.4) is 0 Å². The van der Waals surface area contributed by atoms with Crippen LogP contribution in [0.5, 0.6) is 0 Å². The van der Waals surface area contributed by atoms with Crippen LogP contribution in [0.1, 0.15) is 12.5 Å². The molecule has 1 aromatic heterocycles. The molecular formula is C12H10FN5O2. The smallest absolute Gasteiger partial charge is 0.248 e. The molecule has 0 aliphatic carbocycles. The van der Waals surface area contributed by atoms with Crippen LogP contribution in [0.25, 0.3) is 0 Å². The van der Waals surface area contributed by atoms with Gasteiger partial charge >= 0.3 is 0 Å². The Labute approximate surface area is 112 Å². The Morgan fingerprint density at radius 3 is 3.05 bits per heavy atom. The molecule has 0 radical (unpaired) electrons. The topological polar surface area (TPSA) is 88.9 Å².